The highest BCUT2D eigenvalue weighted by Crippen LogP contribution is 2.13. The number of amides is 2. The van der Waals surface area contributed by atoms with E-state index in [1.54, 1.807) is 0 Å². The number of hydrogen-bond acceptors (Lipinski definition) is 4. The fourth-order valence-corrected chi connectivity index (χ4v) is 4.12. The minimum Gasteiger partial charge on any atom is -0.356 e. The first-order valence-corrected chi connectivity index (χ1v) is 14.2. The molecule has 0 radical (unpaired) electrons. The molecule has 0 aliphatic rings. The maximum atomic E-state index is 11.8. The van der Waals surface area contributed by atoms with Crippen LogP contribution in [0.4, 0.5) is 0 Å². The molecule has 6 heteroatoms. The lowest BCUT2D eigenvalue weighted by Gasteiger charge is -2.09. The van der Waals surface area contributed by atoms with E-state index in [1.807, 2.05) is 0 Å². The number of nitrogens with one attached hydrogen (secondary N) is 2. The van der Waals surface area contributed by atoms with Gasteiger partial charge in [-0.15, -0.1) is 0 Å². The van der Waals surface area contributed by atoms with Gasteiger partial charge in [0, 0.05) is 25.9 Å². The summed E-state index contributed by atoms with van der Waals surface area (Å²) in [6.45, 7) is 3.65. The summed E-state index contributed by atoms with van der Waals surface area (Å²) in [4.78, 5) is 27.8. The Labute approximate surface area is 212 Å². The van der Waals surface area contributed by atoms with Crippen LogP contribution in [0.25, 0.3) is 0 Å². The van der Waals surface area contributed by atoms with E-state index < -0.39 is 0 Å². The molecule has 0 atom stereocenters. The van der Waals surface area contributed by atoms with Gasteiger partial charge in [0.25, 0.3) is 0 Å². The van der Waals surface area contributed by atoms with Crippen LogP contribution in [0.15, 0.2) is 0 Å². The summed E-state index contributed by atoms with van der Waals surface area (Å²) >= 11 is 0. The van der Waals surface area contributed by atoms with Gasteiger partial charge in [-0.05, 0) is 67.0 Å². The highest BCUT2D eigenvalue weighted by molar-refractivity contribution is 5.76. The van der Waals surface area contributed by atoms with Gasteiger partial charge < -0.3 is 20.4 Å². The van der Waals surface area contributed by atoms with Gasteiger partial charge in [0.1, 0.15) is 0 Å². The molecule has 0 spiro atoms. The second-order valence-corrected chi connectivity index (χ2v) is 10.5. The van der Waals surface area contributed by atoms with Gasteiger partial charge in [-0.2, -0.15) is 0 Å². The van der Waals surface area contributed by atoms with Crippen molar-refractivity contribution in [2.75, 3.05) is 54.4 Å². The third-order valence-electron chi connectivity index (χ3n) is 6.27. The van der Waals surface area contributed by atoms with Crippen LogP contribution in [-0.2, 0) is 9.59 Å². The standard InChI is InChI=1S/C28H58N4O2/c1-31(2)25-19-23-29-27(33)21-17-15-13-11-9-7-5-6-8-10-12-14-16-18-22-28(34)30-24-20-26-32(3)4/h5-26H2,1-4H3,(H,29,33)(H,30,34). The van der Waals surface area contributed by atoms with Crippen molar-refractivity contribution in [1.82, 2.24) is 20.4 Å². The van der Waals surface area contributed by atoms with Crippen LogP contribution in [-0.4, -0.2) is 76.0 Å². The van der Waals surface area contributed by atoms with Crippen molar-refractivity contribution in [2.45, 2.75) is 116 Å². The Morgan fingerprint density at radius 2 is 0.706 bits per heavy atom. The quantitative estimate of drug-likeness (QED) is 0.172. The lowest BCUT2D eigenvalue weighted by Crippen LogP contribution is -2.26. The van der Waals surface area contributed by atoms with Gasteiger partial charge in [-0.3, -0.25) is 9.59 Å². The Balaban J connectivity index is 3.20. The molecule has 2 amide bonds. The zero-order valence-electron chi connectivity index (χ0n) is 23.3. The van der Waals surface area contributed by atoms with Crippen molar-refractivity contribution in [3.8, 4) is 0 Å². The van der Waals surface area contributed by atoms with Gasteiger partial charge in [0.2, 0.25) is 11.8 Å². The number of nitrogens with zero attached hydrogens (tertiary/aromatic N) is 2. The molecule has 202 valence electrons. The molecule has 0 aromatic heterocycles. The van der Waals surface area contributed by atoms with E-state index in [2.05, 4.69) is 48.6 Å². The fourth-order valence-electron chi connectivity index (χ4n) is 4.12. The molecule has 0 rings (SSSR count). The second kappa shape index (κ2) is 25.0. The lowest BCUT2D eigenvalue weighted by atomic mass is 10.0. The SMILES string of the molecule is CN(C)CCCNC(=O)CCCCCCCCCCCCCCCCC(=O)NCCCN(C)C. The average molecular weight is 483 g/mol. The van der Waals surface area contributed by atoms with E-state index in [0.717, 1.165) is 51.9 Å². The summed E-state index contributed by atoms with van der Waals surface area (Å²) in [5.41, 5.74) is 0. The highest BCUT2D eigenvalue weighted by Gasteiger charge is 2.02. The summed E-state index contributed by atoms with van der Waals surface area (Å²) < 4.78 is 0. The summed E-state index contributed by atoms with van der Waals surface area (Å²) in [6, 6.07) is 0. The van der Waals surface area contributed by atoms with Crippen LogP contribution in [0.5, 0.6) is 0 Å². The zero-order chi connectivity index (χ0) is 25.3. The Bertz CT molecular complexity index is 427. The molecule has 0 aliphatic heterocycles. The molecule has 0 aromatic rings. The molecule has 0 bridgehead atoms. The molecule has 0 unspecified atom stereocenters. The first-order valence-electron chi connectivity index (χ1n) is 14.2. The number of carbonyl (C=O) groups excluding carboxylic acids is 2. The van der Waals surface area contributed by atoms with E-state index in [9.17, 15) is 9.59 Å². The summed E-state index contributed by atoms with van der Waals surface area (Å²) in [7, 11) is 8.24. The summed E-state index contributed by atoms with van der Waals surface area (Å²) in [5.74, 6) is 0.436. The number of unbranched alkanes of at least 4 members (excludes halogenated alkanes) is 13. The molecule has 6 nitrogen and oxygen atoms in total. The number of carbonyl (C=O) groups is 2. The van der Waals surface area contributed by atoms with E-state index in [0.29, 0.717) is 12.8 Å². The molecular weight excluding hydrogens is 424 g/mol. The van der Waals surface area contributed by atoms with Crippen molar-refractivity contribution in [3.05, 3.63) is 0 Å². The van der Waals surface area contributed by atoms with E-state index in [4.69, 9.17) is 0 Å². The molecule has 0 aromatic carbocycles. The average Bonchev–Trinajstić information content (AvgIpc) is 2.79. The first-order chi connectivity index (χ1) is 16.4. The first kappa shape index (κ1) is 32.9. The minimum atomic E-state index is 0.218. The zero-order valence-corrected chi connectivity index (χ0v) is 23.3. The van der Waals surface area contributed by atoms with Crippen molar-refractivity contribution < 1.29 is 9.59 Å². The Morgan fingerprint density at radius 1 is 0.441 bits per heavy atom. The molecule has 0 fully saturated rings. The van der Waals surface area contributed by atoms with Crippen molar-refractivity contribution in [1.29, 1.82) is 0 Å². The highest BCUT2D eigenvalue weighted by atomic mass is 16.2. The lowest BCUT2D eigenvalue weighted by molar-refractivity contribution is -0.122. The van der Waals surface area contributed by atoms with Gasteiger partial charge in [0.15, 0.2) is 0 Å². The van der Waals surface area contributed by atoms with Gasteiger partial charge in [0.05, 0.1) is 0 Å². The number of hydrogen-bond donors (Lipinski definition) is 2. The van der Waals surface area contributed by atoms with Crippen molar-refractivity contribution >= 4 is 11.8 Å². The largest absolute Gasteiger partial charge is 0.356 e. The Hall–Kier alpha value is -1.14. The van der Waals surface area contributed by atoms with E-state index in [-0.39, 0.29) is 11.8 Å². The molecule has 0 aliphatic carbocycles. The van der Waals surface area contributed by atoms with E-state index >= 15 is 0 Å². The Kier molecular flexibility index (Phi) is 24.1. The van der Waals surface area contributed by atoms with Crippen LogP contribution < -0.4 is 10.6 Å². The molecule has 0 saturated heterocycles. The predicted octanol–water partition coefficient (Wildman–Crippen LogP) is 5.36. The van der Waals surface area contributed by atoms with Crippen molar-refractivity contribution in [3.63, 3.8) is 0 Å². The number of rotatable bonds is 25. The second-order valence-electron chi connectivity index (χ2n) is 10.5. The van der Waals surface area contributed by atoms with Crippen LogP contribution in [0.1, 0.15) is 116 Å². The smallest absolute Gasteiger partial charge is 0.219 e. The molecular formula is C28H58N4O2. The van der Waals surface area contributed by atoms with Crippen LogP contribution in [0, 0.1) is 0 Å². The predicted molar refractivity (Wildman–Crippen MR) is 146 cm³/mol. The normalized spacial score (nSPS) is 11.4. The third-order valence-corrected chi connectivity index (χ3v) is 6.27. The van der Waals surface area contributed by atoms with Gasteiger partial charge in [-0.1, -0.05) is 77.0 Å². The fraction of sp³-hybridized carbons (Fsp3) is 0.929. The maximum absolute atomic E-state index is 11.8. The summed E-state index contributed by atoms with van der Waals surface area (Å²) in [5, 5.41) is 6.04. The van der Waals surface area contributed by atoms with Crippen LogP contribution in [0.2, 0.25) is 0 Å². The summed E-state index contributed by atoms with van der Waals surface area (Å²) in [6.07, 6.45) is 21.1. The third kappa shape index (κ3) is 27.1. The van der Waals surface area contributed by atoms with Gasteiger partial charge >= 0.3 is 0 Å². The molecule has 34 heavy (non-hydrogen) atoms. The van der Waals surface area contributed by atoms with Crippen molar-refractivity contribution in [2.24, 2.45) is 0 Å². The maximum Gasteiger partial charge on any atom is 0.219 e. The Morgan fingerprint density at radius 3 is 0.971 bits per heavy atom. The monoisotopic (exact) mass is 482 g/mol. The van der Waals surface area contributed by atoms with Crippen LogP contribution in [0.3, 0.4) is 0 Å². The molecule has 2 N–H and O–H groups in total. The van der Waals surface area contributed by atoms with Gasteiger partial charge in [-0.25, -0.2) is 0 Å². The topological polar surface area (TPSA) is 64.7 Å². The molecule has 0 saturated carbocycles. The van der Waals surface area contributed by atoms with E-state index in [1.165, 1.54) is 77.0 Å². The minimum absolute atomic E-state index is 0.218. The van der Waals surface area contributed by atoms with Crippen LogP contribution >= 0.6 is 0 Å². The molecule has 0 heterocycles.